The molecular weight excluding hydrogens is 232 g/mol. The van der Waals surface area contributed by atoms with Crippen molar-refractivity contribution in [2.75, 3.05) is 0 Å². The second-order valence-electron chi connectivity index (χ2n) is 5.39. The maximum absolute atomic E-state index is 12.1. The number of hydrogen-bond donors (Lipinski definition) is 3. The molecule has 0 aromatic rings. The molecule has 0 bridgehead atoms. The van der Waals surface area contributed by atoms with Gasteiger partial charge in [0.25, 0.3) is 0 Å². The molecule has 0 radical (unpaired) electrons. The summed E-state index contributed by atoms with van der Waals surface area (Å²) in [4.78, 5) is 23.2. The number of hydrogen-bond acceptors (Lipinski definition) is 3. The quantitative estimate of drug-likeness (QED) is 0.688. The molecule has 0 aromatic carbocycles. The second-order valence-corrected chi connectivity index (χ2v) is 5.39. The van der Waals surface area contributed by atoms with Gasteiger partial charge in [0.15, 0.2) is 0 Å². The molecule has 0 aliphatic heterocycles. The highest BCUT2D eigenvalue weighted by molar-refractivity contribution is 5.87. The topological polar surface area (TPSA) is 78.4 Å². The van der Waals surface area contributed by atoms with Crippen LogP contribution in [0.2, 0.25) is 0 Å². The molecule has 0 saturated heterocycles. The van der Waals surface area contributed by atoms with Crippen molar-refractivity contribution in [3.05, 3.63) is 0 Å². The van der Waals surface area contributed by atoms with E-state index < -0.39 is 12.1 Å². The summed E-state index contributed by atoms with van der Waals surface area (Å²) >= 11 is 0. The van der Waals surface area contributed by atoms with E-state index in [1.807, 2.05) is 13.8 Å². The van der Waals surface area contributed by atoms with Gasteiger partial charge in [-0.3, -0.25) is 9.59 Å². The summed E-state index contributed by atoms with van der Waals surface area (Å²) in [6, 6.07) is -0.710. The number of aliphatic hydroxyl groups excluding tert-OH is 1. The molecular formula is C13H24N2O3. The smallest absolute Gasteiger partial charge is 0.243 e. The maximum atomic E-state index is 12.1. The Bertz CT molecular complexity index is 305. The van der Waals surface area contributed by atoms with E-state index in [1.165, 1.54) is 6.92 Å². The Morgan fingerprint density at radius 3 is 2.33 bits per heavy atom. The first-order valence-corrected chi connectivity index (χ1v) is 6.67. The van der Waals surface area contributed by atoms with Crippen LogP contribution in [-0.4, -0.2) is 35.1 Å². The van der Waals surface area contributed by atoms with E-state index in [2.05, 4.69) is 10.6 Å². The van der Waals surface area contributed by atoms with Gasteiger partial charge in [-0.15, -0.1) is 0 Å². The molecule has 0 spiro atoms. The van der Waals surface area contributed by atoms with Crippen molar-refractivity contribution in [2.24, 2.45) is 5.92 Å². The summed E-state index contributed by atoms with van der Waals surface area (Å²) in [6.45, 7) is 5.17. The third kappa shape index (κ3) is 4.29. The van der Waals surface area contributed by atoms with Crippen molar-refractivity contribution in [1.82, 2.24) is 10.6 Å². The molecule has 104 valence electrons. The molecule has 1 rings (SSSR count). The number of nitrogens with one attached hydrogen (secondary N) is 2. The molecule has 1 aliphatic rings. The summed E-state index contributed by atoms with van der Waals surface area (Å²) in [6.07, 6.45) is 3.10. The van der Waals surface area contributed by atoms with Gasteiger partial charge in [0.2, 0.25) is 11.8 Å². The van der Waals surface area contributed by atoms with E-state index in [0.29, 0.717) is 0 Å². The van der Waals surface area contributed by atoms with Gasteiger partial charge in [-0.05, 0) is 18.8 Å². The van der Waals surface area contributed by atoms with Crippen molar-refractivity contribution in [3.8, 4) is 0 Å². The minimum absolute atomic E-state index is 0.0228. The standard InChI is InChI=1S/C13H24N2O3/c1-8(2)12(14-9(3)16)13(18)15-10-6-4-5-7-11(10)17/h8,10-12,17H,4-7H2,1-3H3,(H,14,16)(H,15,18)/t10-,11-,12?/m1/s1. The van der Waals surface area contributed by atoms with Crippen LogP contribution in [0.5, 0.6) is 0 Å². The van der Waals surface area contributed by atoms with E-state index in [1.54, 1.807) is 0 Å². The van der Waals surface area contributed by atoms with Crippen LogP contribution in [0, 0.1) is 5.92 Å². The fourth-order valence-corrected chi connectivity index (χ4v) is 2.31. The fourth-order valence-electron chi connectivity index (χ4n) is 2.31. The zero-order valence-electron chi connectivity index (χ0n) is 11.4. The van der Waals surface area contributed by atoms with Gasteiger partial charge < -0.3 is 15.7 Å². The van der Waals surface area contributed by atoms with Crippen molar-refractivity contribution in [2.45, 2.75) is 64.6 Å². The molecule has 1 fully saturated rings. The maximum Gasteiger partial charge on any atom is 0.243 e. The molecule has 1 saturated carbocycles. The molecule has 18 heavy (non-hydrogen) atoms. The van der Waals surface area contributed by atoms with Crippen LogP contribution >= 0.6 is 0 Å². The van der Waals surface area contributed by atoms with Crippen LogP contribution in [0.1, 0.15) is 46.5 Å². The predicted molar refractivity (Wildman–Crippen MR) is 68.8 cm³/mol. The highest BCUT2D eigenvalue weighted by Gasteiger charge is 2.29. The van der Waals surface area contributed by atoms with Gasteiger partial charge in [-0.1, -0.05) is 26.7 Å². The molecule has 1 aliphatic carbocycles. The molecule has 5 nitrogen and oxygen atoms in total. The molecule has 1 unspecified atom stereocenters. The largest absolute Gasteiger partial charge is 0.391 e. The second kappa shape index (κ2) is 6.73. The molecule has 0 aromatic heterocycles. The third-order valence-corrected chi connectivity index (χ3v) is 3.37. The lowest BCUT2D eigenvalue weighted by Gasteiger charge is -2.30. The minimum atomic E-state index is -0.531. The highest BCUT2D eigenvalue weighted by atomic mass is 16.3. The molecule has 0 heterocycles. The Morgan fingerprint density at radius 1 is 1.22 bits per heavy atom. The third-order valence-electron chi connectivity index (χ3n) is 3.37. The van der Waals surface area contributed by atoms with Gasteiger partial charge in [-0.2, -0.15) is 0 Å². The first-order chi connectivity index (χ1) is 8.41. The van der Waals surface area contributed by atoms with E-state index in [0.717, 1.165) is 25.7 Å². The van der Waals surface area contributed by atoms with Crippen LogP contribution < -0.4 is 10.6 Å². The summed E-state index contributed by atoms with van der Waals surface area (Å²) < 4.78 is 0. The number of amides is 2. The number of carbonyl (C=O) groups is 2. The van der Waals surface area contributed by atoms with Gasteiger partial charge in [0, 0.05) is 6.92 Å². The van der Waals surface area contributed by atoms with Gasteiger partial charge >= 0.3 is 0 Å². The van der Waals surface area contributed by atoms with Crippen molar-refractivity contribution in [3.63, 3.8) is 0 Å². The minimum Gasteiger partial charge on any atom is -0.391 e. The average molecular weight is 256 g/mol. The van der Waals surface area contributed by atoms with Crippen molar-refractivity contribution in [1.29, 1.82) is 0 Å². The monoisotopic (exact) mass is 256 g/mol. The van der Waals surface area contributed by atoms with E-state index in [9.17, 15) is 14.7 Å². The molecule has 3 atom stereocenters. The van der Waals surface area contributed by atoms with Crippen molar-refractivity contribution >= 4 is 11.8 Å². The lowest BCUT2D eigenvalue weighted by molar-refractivity contribution is -0.130. The van der Waals surface area contributed by atoms with E-state index in [4.69, 9.17) is 0 Å². The number of aliphatic hydroxyl groups is 1. The van der Waals surface area contributed by atoms with Crippen LogP contribution in [0.15, 0.2) is 0 Å². The van der Waals surface area contributed by atoms with Crippen molar-refractivity contribution < 1.29 is 14.7 Å². The average Bonchev–Trinajstić information content (AvgIpc) is 2.28. The SMILES string of the molecule is CC(=O)NC(C(=O)N[C@@H]1CCCC[C@H]1O)C(C)C. The Balaban J connectivity index is 2.57. The van der Waals surface area contributed by atoms with Crippen LogP contribution in [-0.2, 0) is 9.59 Å². The lowest BCUT2D eigenvalue weighted by Crippen LogP contribution is -2.54. The zero-order valence-corrected chi connectivity index (χ0v) is 11.4. The molecule has 5 heteroatoms. The van der Waals surface area contributed by atoms with E-state index in [-0.39, 0.29) is 23.8 Å². The zero-order chi connectivity index (χ0) is 13.7. The number of carbonyl (C=O) groups excluding carboxylic acids is 2. The Morgan fingerprint density at radius 2 is 1.83 bits per heavy atom. The summed E-state index contributed by atoms with van der Waals surface area (Å²) in [7, 11) is 0. The fraction of sp³-hybridized carbons (Fsp3) is 0.846. The van der Waals surface area contributed by atoms with Crippen LogP contribution in [0.25, 0.3) is 0 Å². The van der Waals surface area contributed by atoms with Gasteiger partial charge in [-0.25, -0.2) is 0 Å². The Hall–Kier alpha value is -1.10. The van der Waals surface area contributed by atoms with Crippen LogP contribution in [0.4, 0.5) is 0 Å². The highest BCUT2D eigenvalue weighted by Crippen LogP contribution is 2.18. The molecule has 2 amide bonds. The van der Waals surface area contributed by atoms with Gasteiger partial charge in [0.1, 0.15) is 6.04 Å². The summed E-state index contributed by atoms with van der Waals surface area (Å²) in [5.41, 5.74) is 0. The summed E-state index contributed by atoms with van der Waals surface area (Å²) in [5.74, 6) is -0.395. The summed E-state index contributed by atoms with van der Waals surface area (Å²) in [5, 5.41) is 15.3. The Labute approximate surface area is 108 Å². The Kier molecular flexibility index (Phi) is 5.59. The normalized spacial score (nSPS) is 25.6. The first-order valence-electron chi connectivity index (χ1n) is 6.67. The molecule has 3 N–H and O–H groups in total. The van der Waals surface area contributed by atoms with Crippen LogP contribution in [0.3, 0.4) is 0 Å². The predicted octanol–water partition coefficient (Wildman–Crippen LogP) is 0.567. The first kappa shape index (κ1) is 15.0. The van der Waals surface area contributed by atoms with E-state index >= 15 is 0 Å². The number of rotatable bonds is 4. The van der Waals surface area contributed by atoms with Gasteiger partial charge in [0.05, 0.1) is 12.1 Å². The lowest BCUT2D eigenvalue weighted by atomic mass is 9.92.